The SMILES string of the molecule is CCCNCc1ccc(SCC2CCCO2)cc1. The van der Waals surface area contributed by atoms with E-state index >= 15 is 0 Å². The van der Waals surface area contributed by atoms with Gasteiger partial charge >= 0.3 is 0 Å². The molecule has 0 saturated carbocycles. The lowest BCUT2D eigenvalue weighted by Gasteiger charge is -2.09. The molecule has 3 heteroatoms. The first-order valence-electron chi connectivity index (χ1n) is 6.92. The summed E-state index contributed by atoms with van der Waals surface area (Å²) >= 11 is 1.91. The van der Waals surface area contributed by atoms with Crippen molar-refractivity contribution in [2.45, 2.75) is 43.7 Å². The van der Waals surface area contributed by atoms with Crippen LogP contribution in [-0.4, -0.2) is 25.0 Å². The molecule has 1 N–H and O–H groups in total. The van der Waals surface area contributed by atoms with Gasteiger partial charge in [-0.25, -0.2) is 0 Å². The second-order valence-corrected chi connectivity index (χ2v) is 5.86. The summed E-state index contributed by atoms with van der Waals surface area (Å²) in [6.07, 6.45) is 4.12. The number of ether oxygens (including phenoxy) is 1. The van der Waals surface area contributed by atoms with E-state index in [0.29, 0.717) is 6.10 Å². The van der Waals surface area contributed by atoms with Crippen molar-refractivity contribution < 1.29 is 4.74 Å². The van der Waals surface area contributed by atoms with Crippen LogP contribution in [-0.2, 0) is 11.3 Å². The Morgan fingerprint density at radius 2 is 2.17 bits per heavy atom. The van der Waals surface area contributed by atoms with Crippen LogP contribution >= 0.6 is 11.8 Å². The Labute approximate surface area is 114 Å². The third-order valence-electron chi connectivity index (χ3n) is 3.14. The molecule has 0 radical (unpaired) electrons. The van der Waals surface area contributed by atoms with Gasteiger partial charge < -0.3 is 10.1 Å². The van der Waals surface area contributed by atoms with Gasteiger partial charge in [-0.15, -0.1) is 11.8 Å². The molecule has 0 amide bonds. The van der Waals surface area contributed by atoms with Crippen molar-refractivity contribution in [3.05, 3.63) is 29.8 Å². The Balaban J connectivity index is 1.72. The number of nitrogens with one attached hydrogen (secondary N) is 1. The highest BCUT2D eigenvalue weighted by Gasteiger charge is 2.15. The number of thioether (sulfide) groups is 1. The second kappa shape index (κ2) is 7.82. The van der Waals surface area contributed by atoms with Gasteiger partial charge in [-0.2, -0.15) is 0 Å². The average Bonchev–Trinajstić information content (AvgIpc) is 2.91. The summed E-state index contributed by atoms with van der Waals surface area (Å²) in [5.41, 5.74) is 1.37. The van der Waals surface area contributed by atoms with Crippen LogP contribution in [0.25, 0.3) is 0 Å². The van der Waals surface area contributed by atoms with Crippen molar-refractivity contribution in [3.63, 3.8) is 0 Å². The lowest BCUT2D eigenvalue weighted by Crippen LogP contribution is -2.13. The zero-order valence-electron chi connectivity index (χ0n) is 11.2. The molecular formula is C15H23NOS. The maximum absolute atomic E-state index is 5.63. The fourth-order valence-electron chi connectivity index (χ4n) is 2.08. The first-order chi connectivity index (χ1) is 8.88. The van der Waals surface area contributed by atoms with Crippen molar-refractivity contribution in [2.75, 3.05) is 18.9 Å². The summed E-state index contributed by atoms with van der Waals surface area (Å²) in [7, 11) is 0. The highest BCUT2D eigenvalue weighted by atomic mass is 32.2. The third kappa shape index (κ3) is 4.63. The first-order valence-corrected chi connectivity index (χ1v) is 7.91. The standard InChI is InChI=1S/C15H23NOS/c1-2-9-16-11-13-5-7-15(8-6-13)18-12-14-4-3-10-17-14/h5-8,14,16H,2-4,9-12H2,1H3. The molecule has 18 heavy (non-hydrogen) atoms. The smallest absolute Gasteiger partial charge is 0.0669 e. The van der Waals surface area contributed by atoms with E-state index in [1.165, 1.54) is 29.7 Å². The maximum atomic E-state index is 5.63. The van der Waals surface area contributed by atoms with E-state index < -0.39 is 0 Å². The number of hydrogen-bond donors (Lipinski definition) is 1. The van der Waals surface area contributed by atoms with Gasteiger partial charge in [0.1, 0.15) is 0 Å². The van der Waals surface area contributed by atoms with Gasteiger partial charge in [0, 0.05) is 23.8 Å². The zero-order valence-corrected chi connectivity index (χ0v) is 12.0. The quantitative estimate of drug-likeness (QED) is 0.602. The minimum absolute atomic E-state index is 0.473. The molecule has 1 saturated heterocycles. The van der Waals surface area contributed by atoms with Gasteiger partial charge in [-0.3, -0.25) is 0 Å². The average molecular weight is 265 g/mol. The van der Waals surface area contributed by atoms with Crippen molar-refractivity contribution >= 4 is 11.8 Å². The summed E-state index contributed by atoms with van der Waals surface area (Å²) in [6, 6.07) is 8.89. The molecular weight excluding hydrogens is 242 g/mol. The second-order valence-electron chi connectivity index (χ2n) is 4.77. The first kappa shape index (κ1) is 13.9. The van der Waals surface area contributed by atoms with Crippen molar-refractivity contribution in [2.24, 2.45) is 0 Å². The Bertz CT molecular complexity index is 333. The molecule has 0 aliphatic carbocycles. The zero-order chi connectivity index (χ0) is 12.6. The fraction of sp³-hybridized carbons (Fsp3) is 0.600. The highest BCUT2D eigenvalue weighted by Crippen LogP contribution is 2.23. The van der Waals surface area contributed by atoms with E-state index in [1.54, 1.807) is 0 Å². The minimum Gasteiger partial charge on any atom is -0.377 e. The van der Waals surface area contributed by atoms with Crippen LogP contribution in [0.4, 0.5) is 0 Å². The molecule has 100 valence electrons. The minimum atomic E-state index is 0.473. The van der Waals surface area contributed by atoms with E-state index in [0.717, 1.165) is 25.4 Å². The van der Waals surface area contributed by atoms with Crippen LogP contribution in [0.3, 0.4) is 0 Å². The van der Waals surface area contributed by atoms with Crippen molar-refractivity contribution in [3.8, 4) is 0 Å². The van der Waals surface area contributed by atoms with Crippen LogP contribution in [0, 0.1) is 0 Å². The lowest BCUT2D eigenvalue weighted by atomic mass is 10.2. The van der Waals surface area contributed by atoms with E-state index in [9.17, 15) is 0 Å². The largest absolute Gasteiger partial charge is 0.377 e. The van der Waals surface area contributed by atoms with Gasteiger partial charge in [0.05, 0.1) is 6.10 Å². The summed E-state index contributed by atoms with van der Waals surface area (Å²) in [6.45, 7) is 5.21. The lowest BCUT2D eigenvalue weighted by molar-refractivity contribution is 0.129. The summed E-state index contributed by atoms with van der Waals surface area (Å²) in [5, 5.41) is 3.42. The van der Waals surface area contributed by atoms with Crippen LogP contribution in [0.15, 0.2) is 29.2 Å². The Hall–Kier alpha value is -0.510. The third-order valence-corrected chi connectivity index (χ3v) is 4.28. The van der Waals surface area contributed by atoms with Gasteiger partial charge in [-0.1, -0.05) is 19.1 Å². The molecule has 1 aliphatic heterocycles. The monoisotopic (exact) mass is 265 g/mol. The molecule has 0 bridgehead atoms. The number of hydrogen-bond acceptors (Lipinski definition) is 3. The van der Waals surface area contributed by atoms with Gasteiger partial charge in [-0.05, 0) is 43.5 Å². The Morgan fingerprint density at radius 1 is 1.33 bits per heavy atom. The van der Waals surface area contributed by atoms with Crippen LogP contribution in [0.5, 0.6) is 0 Å². The molecule has 2 rings (SSSR count). The molecule has 0 aromatic heterocycles. The Morgan fingerprint density at radius 3 is 2.83 bits per heavy atom. The maximum Gasteiger partial charge on any atom is 0.0669 e. The van der Waals surface area contributed by atoms with Crippen LogP contribution in [0.2, 0.25) is 0 Å². The highest BCUT2D eigenvalue weighted by molar-refractivity contribution is 7.99. The van der Waals surface area contributed by atoms with Crippen molar-refractivity contribution in [1.82, 2.24) is 5.32 Å². The molecule has 1 fully saturated rings. The normalized spacial score (nSPS) is 19.3. The van der Waals surface area contributed by atoms with Crippen LogP contribution in [0.1, 0.15) is 31.7 Å². The number of rotatable bonds is 7. The predicted molar refractivity (Wildman–Crippen MR) is 78.1 cm³/mol. The molecule has 1 unspecified atom stereocenters. The topological polar surface area (TPSA) is 21.3 Å². The molecule has 1 heterocycles. The van der Waals surface area contributed by atoms with Gasteiger partial charge in [0.25, 0.3) is 0 Å². The van der Waals surface area contributed by atoms with Crippen LogP contribution < -0.4 is 5.32 Å². The van der Waals surface area contributed by atoms with E-state index in [2.05, 4.69) is 36.5 Å². The van der Waals surface area contributed by atoms with E-state index in [-0.39, 0.29) is 0 Å². The fourth-order valence-corrected chi connectivity index (χ4v) is 3.05. The van der Waals surface area contributed by atoms with Crippen molar-refractivity contribution in [1.29, 1.82) is 0 Å². The summed E-state index contributed by atoms with van der Waals surface area (Å²) in [4.78, 5) is 1.35. The van der Waals surface area contributed by atoms with E-state index in [4.69, 9.17) is 4.74 Å². The molecule has 1 atom stereocenters. The molecule has 1 aromatic carbocycles. The van der Waals surface area contributed by atoms with Gasteiger partial charge in [0.2, 0.25) is 0 Å². The summed E-state index contributed by atoms with van der Waals surface area (Å²) < 4.78 is 5.63. The number of benzene rings is 1. The summed E-state index contributed by atoms with van der Waals surface area (Å²) in [5.74, 6) is 1.09. The Kier molecular flexibility index (Phi) is 6.05. The molecule has 1 aromatic rings. The predicted octanol–water partition coefficient (Wildman–Crippen LogP) is 3.46. The molecule has 2 nitrogen and oxygen atoms in total. The molecule has 1 aliphatic rings. The molecule has 0 spiro atoms. The van der Waals surface area contributed by atoms with Gasteiger partial charge in [0.15, 0.2) is 0 Å². The van der Waals surface area contributed by atoms with E-state index in [1.807, 2.05) is 11.8 Å².